The van der Waals surface area contributed by atoms with E-state index in [0.29, 0.717) is 23.4 Å². The number of rotatable bonds is 7. The molecule has 1 N–H and O–H groups in total. The molecule has 0 radical (unpaired) electrons. The Labute approximate surface area is 210 Å². The second-order valence-corrected chi connectivity index (χ2v) is 11.2. The summed E-state index contributed by atoms with van der Waals surface area (Å²) >= 11 is 0. The average molecular weight is 504 g/mol. The van der Waals surface area contributed by atoms with E-state index in [0.717, 1.165) is 76.3 Å². The minimum atomic E-state index is -4.49. The van der Waals surface area contributed by atoms with Crippen molar-refractivity contribution >= 4 is 16.7 Å². The molecule has 5 rings (SSSR count). The van der Waals surface area contributed by atoms with Crippen LogP contribution in [0.3, 0.4) is 0 Å². The van der Waals surface area contributed by atoms with Crippen LogP contribution in [0.2, 0.25) is 0 Å². The normalized spacial score (nSPS) is 28.9. The number of benzene rings is 2. The van der Waals surface area contributed by atoms with Crippen LogP contribution in [0.15, 0.2) is 30.3 Å². The first kappa shape index (κ1) is 25.4. The van der Waals surface area contributed by atoms with Crippen LogP contribution in [0.25, 0.3) is 10.8 Å². The number of carbonyl (C=O) groups is 1. The van der Waals surface area contributed by atoms with Crippen molar-refractivity contribution in [1.82, 2.24) is 4.90 Å². The van der Waals surface area contributed by atoms with E-state index in [9.17, 15) is 23.1 Å². The fraction of sp³-hybridized carbons (Fsp3) is 0.621. The molecule has 1 saturated carbocycles. The molecule has 2 aromatic carbocycles. The van der Waals surface area contributed by atoms with Crippen molar-refractivity contribution in [3.05, 3.63) is 41.5 Å². The maximum atomic E-state index is 14.1. The van der Waals surface area contributed by atoms with E-state index >= 15 is 0 Å². The topological polar surface area (TPSA) is 49.8 Å². The van der Waals surface area contributed by atoms with Gasteiger partial charge >= 0.3 is 12.1 Å². The minimum Gasteiger partial charge on any atom is -0.490 e. The van der Waals surface area contributed by atoms with E-state index in [1.54, 1.807) is 12.1 Å². The number of alkyl halides is 3. The van der Waals surface area contributed by atoms with Gasteiger partial charge in [-0.15, -0.1) is 0 Å². The van der Waals surface area contributed by atoms with Crippen molar-refractivity contribution in [2.75, 3.05) is 6.54 Å². The molecule has 2 bridgehead atoms. The predicted molar refractivity (Wildman–Crippen MR) is 133 cm³/mol. The van der Waals surface area contributed by atoms with Crippen LogP contribution in [0.1, 0.15) is 75.8 Å². The second kappa shape index (κ2) is 10.2. The number of ether oxygens (including phenoxy) is 1. The first-order chi connectivity index (χ1) is 17.2. The monoisotopic (exact) mass is 503 g/mol. The molecule has 36 heavy (non-hydrogen) atoms. The molecule has 2 saturated heterocycles. The second-order valence-electron chi connectivity index (χ2n) is 11.2. The Kier molecular flexibility index (Phi) is 7.21. The maximum Gasteiger partial charge on any atom is 0.420 e. The lowest BCUT2D eigenvalue weighted by atomic mass is 9.89. The number of hydrogen-bond acceptors (Lipinski definition) is 3. The van der Waals surface area contributed by atoms with Gasteiger partial charge in [-0.2, -0.15) is 13.2 Å². The molecule has 3 aliphatic rings. The summed E-state index contributed by atoms with van der Waals surface area (Å²) in [5.74, 6) is -0.350. The number of hydrogen-bond donors (Lipinski definition) is 1. The minimum absolute atomic E-state index is 0.0532. The molecule has 3 fully saturated rings. The van der Waals surface area contributed by atoms with Gasteiger partial charge < -0.3 is 9.84 Å². The molecule has 4 nitrogen and oxygen atoms in total. The van der Waals surface area contributed by atoms with E-state index in [4.69, 9.17) is 4.74 Å². The Morgan fingerprint density at radius 2 is 1.72 bits per heavy atom. The number of halogens is 3. The van der Waals surface area contributed by atoms with Crippen molar-refractivity contribution < 1.29 is 27.8 Å². The van der Waals surface area contributed by atoms with Gasteiger partial charge in [-0.1, -0.05) is 31.2 Å². The first-order valence-corrected chi connectivity index (χ1v) is 13.5. The number of aryl methyl sites for hydroxylation is 1. The lowest BCUT2D eigenvalue weighted by Crippen LogP contribution is -2.45. The van der Waals surface area contributed by atoms with Crippen molar-refractivity contribution in [3.8, 4) is 5.75 Å². The van der Waals surface area contributed by atoms with Gasteiger partial charge in [0.2, 0.25) is 0 Å². The van der Waals surface area contributed by atoms with Gasteiger partial charge in [0.05, 0.1) is 12.0 Å². The third kappa shape index (κ3) is 5.36. The zero-order valence-corrected chi connectivity index (χ0v) is 20.9. The third-order valence-electron chi connectivity index (χ3n) is 8.70. The fourth-order valence-corrected chi connectivity index (χ4v) is 6.74. The third-order valence-corrected chi connectivity index (χ3v) is 8.70. The summed E-state index contributed by atoms with van der Waals surface area (Å²) in [6.07, 6.45) is 4.20. The van der Waals surface area contributed by atoms with E-state index in [1.807, 2.05) is 12.1 Å². The first-order valence-electron chi connectivity index (χ1n) is 13.5. The molecular weight excluding hydrogens is 467 g/mol. The summed E-state index contributed by atoms with van der Waals surface area (Å²) in [5.41, 5.74) is 0.362. The van der Waals surface area contributed by atoms with E-state index in [1.165, 1.54) is 6.07 Å². The van der Waals surface area contributed by atoms with Crippen LogP contribution in [0.4, 0.5) is 13.2 Å². The fourth-order valence-electron chi connectivity index (χ4n) is 6.74. The molecule has 0 aromatic heterocycles. The van der Waals surface area contributed by atoms with Gasteiger partial charge in [-0.05, 0) is 99.1 Å². The molecule has 1 aliphatic carbocycles. The van der Waals surface area contributed by atoms with E-state index in [-0.39, 0.29) is 23.2 Å². The number of carboxylic acid groups (broad SMARTS) is 1. The highest BCUT2D eigenvalue weighted by Crippen LogP contribution is 2.43. The Balaban J connectivity index is 1.27. The van der Waals surface area contributed by atoms with Crippen molar-refractivity contribution in [1.29, 1.82) is 0 Å². The van der Waals surface area contributed by atoms with Crippen LogP contribution in [0, 0.1) is 11.8 Å². The summed E-state index contributed by atoms with van der Waals surface area (Å²) < 4.78 is 48.3. The number of piperidine rings is 1. The van der Waals surface area contributed by atoms with Crippen LogP contribution >= 0.6 is 0 Å². The smallest absolute Gasteiger partial charge is 0.420 e. The van der Waals surface area contributed by atoms with E-state index in [2.05, 4.69) is 11.8 Å². The van der Waals surface area contributed by atoms with Crippen LogP contribution < -0.4 is 4.74 Å². The number of fused-ring (bicyclic) bond motifs is 3. The van der Waals surface area contributed by atoms with Gasteiger partial charge in [-0.3, -0.25) is 9.69 Å². The highest BCUT2D eigenvalue weighted by molar-refractivity contribution is 5.89. The largest absolute Gasteiger partial charge is 0.490 e. The predicted octanol–water partition coefficient (Wildman–Crippen LogP) is 7.08. The number of nitrogens with zero attached hydrogens (tertiary/aromatic N) is 1. The quantitative estimate of drug-likeness (QED) is 0.439. The highest BCUT2D eigenvalue weighted by atomic mass is 19.4. The lowest BCUT2D eigenvalue weighted by Gasteiger charge is -2.37. The Hall–Kier alpha value is -2.28. The summed E-state index contributed by atoms with van der Waals surface area (Å²) in [5, 5.41) is 10.2. The molecule has 2 aliphatic heterocycles. The van der Waals surface area contributed by atoms with Crippen molar-refractivity contribution in [2.45, 2.75) is 95.5 Å². The maximum absolute atomic E-state index is 14.1. The Morgan fingerprint density at radius 1 is 1.03 bits per heavy atom. The standard InChI is InChI=1S/C29H36F3NO3/c1-18-4-10-24(11-5-18)36-26-13-7-20-15-19(6-12-25(20)27(26)29(30,31)32)3-2-14-33-22-8-9-23(33)17-21(16-22)28(34)35/h6-7,12-13,15,18,21-24H,2-5,8-11,14,16-17H2,1H3,(H,34,35)/t18-,21?,22-,23?,24+/m0/s1. The zero-order valence-electron chi connectivity index (χ0n) is 20.9. The van der Waals surface area contributed by atoms with Crippen molar-refractivity contribution in [2.24, 2.45) is 11.8 Å². The zero-order chi connectivity index (χ0) is 25.4. The average Bonchev–Trinajstić information content (AvgIpc) is 3.06. The van der Waals surface area contributed by atoms with Gasteiger partial charge in [0.15, 0.2) is 0 Å². The molecule has 0 amide bonds. The van der Waals surface area contributed by atoms with Crippen LogP contribution in [0.5, 0.6) is 5.75 Å². The van der Waals surface area contributed by atoms with Gasteiger partial charge in [0.25, 0.3) is 0 Å². The molecular formula is C29H36F3NO3. The summed E-state index contributed by atoms with van der Waals surface area (Å²) in [4.78, 5) is 13.9. The molecule has 7 heteroatoms. The molecule has 3 atom stereocenters. The van der Waals surface area contributed by atoms with Crippen molar-refractivity contribution in [3.63, 3.8) is 0 Å². The highest BCUT2D eigenvalue weighted by Gasteiger charge is 2.42. The summed E-state index contributed by atoms with van der Waals surface area (Å²) in [7, 11) is 0. The molecule has 2 unspecified atom stereocenters. The SMILES string of the molecule is C[C@H]1CC[C@@H](Oc2ccc3cc(CCCN4C5CC[C@H]4CC(C(=O)O)C5)ccc3c2C(F)(F)F)CC1. The lowest BCUT2D eigenvalue weighted by molar-refractivity contribution is -0.144. The van der Waals surface area contributed by atoms with Crippen LogP contribution in [-0.2, 0) is 17.4 Å². The molecule has 2 aromatic rings. The Morgan fingerprint density at radius 3 is 2.36 bits per heavy atom. The van der Waals surface area contributed by atoms with Gasteiger partial charge in [-0.25, -0.2) is 0 Å². The summed E-state index contributed by atoms with van der Waals surface area (Å²) in [6, 6.07) is 9.24. The number of carboxylic acids is 1. The molecule has 2 heterocycles. The van der Waals surface area contributed by atoms with Gasteiger partial charge in [0.1, 0.15) is 11.3 Å². The summed E-state index contributed by atoms with van der Waals surface area (Å²) in [6.45, 7) is 3.08. The van der Waals surface area contributed by atoms with Crippen LogP contribution in [-0.4, -0.2) is 40.7 Å². The number of aliphatic carboxylic acids is 1. The molecule has 0 spiro atoms. The van der Waals surface area contributed by atoms with E-state index < -0.39 is 17.7 Å². The van der Waals surface area contributed by atoms with Gasteiger partial charge in [0, 0.05) is 12.1 Å². The molecule has 196 valence electrons. The Bertz CT molecular complexity index is 1080.